The molecule has 0 radical (unpaired) electrons. The number of unbranched alkanes of at least 4 members (excludes halogenated alkanes) is 3. The van der Waals surface area contributed by atoms with Gasteiger partial charge in [0.25, 0.3) is 0 Å². The highest BCUT2D eigenvalue weighted by Gasteiger charge is 2.73. The van der Waals surface area contributed by atoms with Gasteiger partial charge in [0.05, 0.1) is 16.6 Å². The molecule has 3 fully saturated rings. The van der Waals surface area contributed by atoms with Crippen molar-refractivity contribution in [2.75, 3.05) is 23.8 Å². The van der Waals surface area contributed by atoms with Crippen LogP contribution in [-0.2, 0) is 14.4 Å². The van der Waals surface area contributed by atoms with Gasteiger partial charge in [0.15, 0.2) is 0 Å². The van der Waals surface area contributed by atoms with E-state index >= 15 is 0 Å². The van der Waals surface area contributed by atoms with Gasteiger partial charge in [-0.1, -0.05) is 43.2 Å². The molecule has 3 aliphatic heterocycles. The van der Waals surface area contributed by atoms with Crippen molar-refractivity contribution in [2.24, 2.45) is 11.8 Å². The molecule has 38 heavy (non-hydrogen) atoms. The maximum Gasteiger partial charge on any atom is 0.248 e. The predicted molar refractivity (Wildman–Crippen MR) is 151 cm³/mol. The monoisotopic (exact) mass is 535 g/mol. The summed E-state index contributed by atoms with van der Waals surface area (Å²) in [5.74, 6) is -1.34. The number of carbonyl (C=O) groups excluding carboxylic acids is 3. The van der Waals surface area contributed by atoms with Crippen molar-refractivity contribution in [3.63, 3.8) is 0 Å². The van der Waals surface area contributed by atoms with E-state index in [1.165, 1.54) is 0 Å². The number of para-hydroxylation sites is 1. The molecule has 3 heterocycles. The molecule has 2 bridgehead atoms. The molecule has 7 nitrogen and oxygen atoms in total. The second kappa shape index (κ2) is 11.1. The van der Waals surface area contributed by atoms with Gasteiger partial charge >= 0.3 is 0 Å². The third-order valence-corrected chi connectivity index (χ3v) is 10.3. The molecule has 3 aliphatic rings. The molecule has 0 saturated carbocycles. The number of thioether (sulfide) groups is 1. The van der Waals surface area contributed by atoms with Crippen LogP contribution in [0.4, 0.5) is 11.4 Å². The van der Waals surface area contributed by atoms with Crippen LogP contribution in [0, 0.1) is 25.7 Å². The first-order valence-corrected chi connectivity index (χ1v) is 14.6. The van der Waals surface area contributed by atoms with Crippen LogP contribution >= 0.6 is 11.8 Å². The summed E-state index contributed by atoms with van der Waals surface area (Å²) < 4.78 is -0.604. The van der Waals surface area contributed by atoms with Gasteiger partial charge in [-0.05, 0) is 68.9 Å². The van der Waals surface area contributed by atoms with Gasteiger partial charge in [-0.3, -0.25) is 14.4 Å². The van der Waals surface area contributed by atoms with Crippen molar-refractivity contribution in [3.05, 3.63) is 59.7 Å². The van der Waals surface area contributed by atoms with Crippen LogP contribution in [0.5, 0.6) is 0 Å². The molecule has 2 aromatic carbocycles. The largest absolute Gasteiger partial charge is 0.396 e. The van der Waals surface area contributed by atoms with E-state index in [0.717, 1.165) is 61.0 Å². The zero-order chi connectivity index (χ0) is 26.9. The van der Waals surface area contributed by atoms with E-state index in [-0.39, 0.29) is 29.6 Å². The van der Waals surface area contributed by atoms with E-state index < -0.39 is 22.6 Å². The Hall–Kier alpha value is -2.84. The second-order valence-electron chi connectivity index (χ2n) is 10.9. The molecule has 3 amide bonds. The Kier molecular flexibility index (Phi) is 7.82. The molecule has 0 aliphatic carbocycles. The van der Waals surface area contributed by atoms with Gasteiger partial charge in [-0.2, -0.15) is 0 Å². The SMILES string of the molecule is Cc1ccc(C)c(NC(=O)C2N(CCCCCCO)C(=O)[C@@H]3[C@@H](C(=O)Nc4ccccc4)[C@H]4CCC23S4)c1. The van der Waals surface area contributed by atoms with E-state index in [0.29, 0.717) is 6.54 Å². The van der Waals surface area contributed by atoms with E-state index in [1.54, 1.807) is 16.7 Å². The number of aryl methyl sites for hydroxylation is 2. The molecule has 5 atom stereocenters. The van der Waals surface area contributed by atoms with E-state index in [9.17, 15) is 14.4 Å². The lowest BCUT2D eigenvalue weighted by atomic mass is 9.70. The van der Waals surface area contributed by atoms with Gasteiger partial charge in [-0.25, -0.2) is 0 Å². The van der Waals surface area contributed by atoms with Crippen molar-refractivity contribution in [3.8, 4) is 0 Å². The number of aliphatic hydroxyl groups excluding tert-OH is 1. The van der Waals surface area contributed by atoms with Crippen LogP contribution in [0.25, 0.3) is 0 Å². The number of hydrogen-bond acceptors (Lipinski definition) is 5. The smallest absolute Gasteiger partial charge is 0.248 e. The molecule has 0 aromatic heterocycles. The fraction of sp³-hybridized carbons (Fsp3) is 0.500. The highest BCUT2D eigenvalue weighted by atomic mass is 32.2. The van der Waals surface area contributed by atoms with E-state index in [2.05, 4.69) is 10.6 Å². The molecule has 5 rings (SSSR count). The number of nitrogens with one attached hydrogen (secondary N) is 2. The Balaban J connectivity index is 1.43. The van der Waals surface area contributed by atoms with Crippen molar-refractivity contribution in [2.45, 2.75) is 68.4 Å². The van der Waals surface area contributed by atoms with Crippen LogP contribution in [0.15, 0.2) is 48.5 Å². The third-order valence-electron chi connectivity index (χ3n) is 8.35. The Labute approximate surface area is 228 Å². The third kappa shape index (κ3) is 4.84. The van der Waals surface area contributed by atoms with Crippen LogP contribution in [0.2, 0.25) is 0 Å². The minimum absolute atomic E-state index is 0.0235. The highest BCUT2D eigenvalue weighted by molar-refractivity contribution is 8.02. The summed E-state index contributed by atoms with van der Waals surface area (Å²) in [5.41, 5.74) is 3.51. The molecule has 3 saturated heterocycles. The standard InChI is InChI=1S/C30H37N3O4S/c1-19-12-13-20(2)22(18-19)32-28(36)26-30-15-14-23(38-30)24(27(35)31-21-10-6-5-7-11-21)25(30)29(37)33(26)16-8-3-4-9-17-34/h5-7,10-13,18,23-26,34H,3-4,8-9,14-17H2,1-2H3,(H,31,35)(H,32,36)/t23-,24+,25+,26?,30?/m1/s1. The topological polar surface area (TPSA) is 98.7 Å². The van der Waals surface area contributed by atoms with Crippen molar-refractivity contribution in [1.82, 2.24) is 4.90 Å². The maximum atomic E-state index is 14.1. The number of nitrogens with zero attached hydrogens (tertiary/aromatic N) is 1. The number of fused-ring (bicyclic) bond motifs is 1. The molecule has 2 unspecified atom stereocenters. The zero-order valence-electron chi connectivity index (χ0n) is 22.1. The first kappa shape index (κ1) is 26.8. The summed E-state index contributed by atoms with van der Waals surface area (Å²) in [4.78, 5) is 43.4. The zero-order valence-corrected chi connectivity index (χ0v) is 22.9. The molecule has 1 spiro atoms. The summed E-state index contributed by atoms with van der Waals surface area (Å²) in [6.45, 7) is 4.59. The van der Waals surface area contributed by atoms with E-state index in [4.69, 9.17) is 5.11 Å². The molecule has 202 valence electrons. The molecule has 8 heteroatoms. The van der Waals surface area contributed by atoms with Crippen molar-refractivity contribution in [1.29, 1.82) is 0 Å². The average Bonchev–Trinajstić information content (AvgIpc) is 3.54. The lowest BCUT2D eigenvalue weighted by molar-refractivity contribution is -0.138. The quantitative estimate of drug-likeness (QED) is 0.389. The number of likely N-dealkylation sites (tertiary alicyclic amines) is 1. The molecular formula is C30H37N3O4S. The number of amides is 3. The number of anilines is 2. The predicted octanol–water partition coefficient (Wildman–Crippen LogP) is 4.52. The summed E-state index contributed by atoms with van der Waals surface area (Å²) in [6.07, 6.45) is 4.82. The van der Waals surface area contributed by atoms with Crippen molar-refractivity contribution >= 4 is 40.9 Å². The average molecular weight is 536 g/mol. The maximum absolute atomic E-state index is 14.1. The molecule has 2 aromatic rings. The fourth-order valence-corrected chi connectivity index (χ4v) is 8.78. The van der Waals surface area contributed by atoms with E-state index in [1.807, 2.05) is 62.4 Å². The first-order chi connectivity index (χ1) is 18.4. The summed E-state index contributed by atoms with van der Waals surface area (Å²) in [7, 11) is 0. The Morgan fingerprint density at radius 3 is 2.55 bits per heavy atom. The van der Waals surface area contributed by atoms with Crippen LogP contribution in [0.3, 0.4) is 0 Å². The Bertz CT molecular complexity index is 1210. The molecule has 3 N–H and O–H groups in total. The van der Waals surface area contributed by atoms with Gasteiger partial charge in [0.2, 0.25) is 17.7 Å². The highest BCUT2D eigenvalue weighted by Crippen LogP contribution is 2.66. The summed E-state index contributed by atoms with van der Waals surface area (Å²) >= 11 is 1.69. The van der Waals surface area contributed by atoms with Crippen LogP contribution in [0.1, 0.15) is 49.7 Å². The number of hydrogen-bond donors (Lipinski definition) is 3. The van der Waals surface area contributed by atoms with Crippen molar-refractivity contribution < 1.29 is 19.5 Å². The second-order valence-corrected chi connectivity index (χ2v) is 12.5. The van der Waals surface area contributed by atoms with Gasteiger partial charge in [0.1, 0.15) is 6.04 Å². The number of carbonyl (C=O) groups is 3. The molecular weight excluding hydrogens is 498 g/mol. The Morgan fingerprint density at radius 2 is 1.79 bits per heavy atom. The number of benzene rings is 2. The first-order valence-electron chi connectivity index (χ1n) is 13.7. The normalized spacial score (nSPS) is 27.4. The Morgan fingerprint density at radius 1 is 1.03 bits per heavy atom. The number of aliphatic hydroxyl groups is 1. The minimum Gasteiger partial charge on any atom is -0.396 e. The fourth-order valence-electron chi connectivity index (χ4n) is 6.56. The van der Waals surface area contributed by atoms with Gasteiger partial charge < -0.3 is 20.6 Å². The summed E-state index contributed by atoms with van der Waals surface area (Å²) in [5, 5.41) is 15.3. The van der Waals surface area contributed by atoms with Crippen LogP contribution in [-0.4, -0.2) is 56.9 Å². The lowest BCUT2D eigenvalue weighted by Gasteiger charge is -2.34. The minimum atomic E-state index is -0.623. The summed E-state index contributed by atoms with van der Waals surface area (Å²) in [6, 6.07) is 14.7. The van der Waals surface area contributed by atoms with Gasteiger partial charge in [-0.15, -0.1) is 11.8 Å². The van der Waals surface area contributed by atoms with Gasteiger partial charge in [0, 0.05) is 29.8 Å². The van der Waals surface area contributed by atoms with Crippen LogP contribution < -0.4 is 10.6 Å². The lowest BCUT2D eigenvalue weighted by Crippen LogP contribution is -2.51. The number of rotatable bonds is 10.